The maximum Gasteiger partial charge on any atom is 0.239 e. The number of likely N-dealkylation sites (tertiary alicyclic amines) is 1. The van der Waals surface area contributed by atoms with E-state index >= 15 is 0 Å². The molecule has 1 heterocycles. The van der Waals surface area contributed by atoms with E-state index in [1.54, 1.807) is 0 Å². The highest BCUT2D eigenvalue weighted by molar-refractivity contribution is 5.82. The summed E-state index contributed by atoms with van der Waals surface area (Å²) in [6, 6.07) is 10.2. The summed E-state index contributed by atoms with van der Waals surface area (Å²) in [4.78, 5) is 14.5. The van der Waals surface area contributed by atoms with E-state index in [9.17, 15) is 4.79 Å². The predicted molar refractivity (Wildman–Crippen MR) is 82.4 cm³/mol. The van der Waals surface area contributed by atoms with Gasteiger partial charge in [0.15, 0.2) is 0 Å². The number of benzene rings is 1. The van der Waals surface area contributed by atoms with Crippen molar-refractivity contribution in [2.24, 2.45) is 5.73 Å². The Bertz CT molecular complexity index is 418. The summed E-state index contributed by atoms with van der Waals surface area (Å²) in [5, 5.41) is 0. The second kappa shape index (κ2) is 7.44. The number of nitrogens with two attached hydrogens (primary N) is 1. The standard InChI is InChI=1S/C17H26N2O/c1-14-8-4-3-7-13-19(14)17(20)16(18)12-11-15-9-5-2-6-10-15/h2,5-6,9-10,14,16H,3-4,7-8,11-13,18H2,1H3. The van der Waals surface area contributed by atoms with Crippen molar-refractivity contribution in [2.45, 2.75) is 57.5 Å². The van der Waals surface area contributed by atoms with Gasteiger partial charge in [-0.15, -0.1) is 0 Å². The van der Waals surface area contributed by atoms with E-state index in [0.29, 0.717) is 6.04 Å². The summed E-state index contributed by atoms with van der Waals surface area (Å²) in [7, 11) is 0. The molecule has 0 aromatic heterocycles. The first-order valence-electron chi connectivity index (χ1n) is 7.78. The minimum absolute atomic E-state index is 0.135. The first-order chi connectivity index (χ1) is 9.68. The van der Waals surface area contributed by atoms with Gasteiger partial charge >= 0.3 is 0 Å². The van der Waals surface area contributed by atoms with Crippen LogP contribution < -0.4 is 5.73 Å². The zero-order chi connectivity index (χ0) is 14.4. The molecular formula is C17H26N2O. The fourth-order valence-electron chi connectivity index (χ4n) is 2.91. The van der Waals surface area contributed by atoms with E-state index in [1.807, 2.05) is 23.1 Å². The van der Waals surface area contributed by atoms with E-state index in [1.165, 1.54) is 18.4 Å². The average Bonchev–Trinajstić information content (AvgIpc) is 2.69. The van der Waals surface area contributed by atoms with E-state index in [0.717, 1.165) is 32.2 Å². The van der Waals surface area contributed by atoms with Gasteiger partial charge in [-0.25, -0.2) is 0 Å². The molecule has 0 saturated carbocycles. The van der Waals surface area contributed by atoms with Crippen LogP contribution in [-0.2, 0) is 11.2 Å². The van der Waals surface area contributed by atoms with Crippen LogP contribution >= 0.6 is 0 Å². The Morgan fingerprint density at radius 1 is 1.30 bits per heavy atom. The van der Waals surface area contributed by atoms with Crippen molar-refractivity contribution in [3.8, 4) is 0 Å². The van der Waals surface area contributed by atoms with Gasteiger partial charge in [0.05, 0.1) is 6.04 Å². The van der Waals surface area contributed by atoms with Gasteiger partial charge in [0, 0.05) is 12.6 Å². The van der Waals surface area contributed by atoms with Crippen LogP contribution in [0.3, 0.4) is 0 Å². The molecule has 0 bridgehead atoms. The summed E-state index contributed by atoms with van der Waals surface area (Å²) in [6.45, 7) is 3.02. The average molecular weight is 274 g/mol. The molecule has 1 amide bonds. The van der Waals surface area contributed by atoms with Gasteiger partial charge in [0.25, 0.3) is 0 Å². The zero-order valence-corrected chi connectivity index (χ0v) is 12.4. The first-order valence-corrected chi connectivity index (χ1v) is 7.78. The van der Waals surface area contributed by atoms with E-state index in [2.05, 4.69) is 19.1 Å². The Labute approximate surface area is 122 Å². The third-order valence-electron chi connectivity index (χ3n) is 4.24. The fourth-order valence-corrected chi connectivity index (χ4v) is 2.91. The second-order valence-corrected chi connectivity index (χ2v) is 5.86. The van der Waals surface area contributed by atoms with Gasteiger partial charge in [-0.1, -0.05) is 43.2 Å². The van der Waals surface area contributed by atoms with E-state index < -0.39 is 0 Å². The van der Waals surface area contributed by atoms with Crippen LogP contribution in [-0.4, -0.2) is 29.4 Å². The van der Waals surface area contributed by atoms with E-state index in [-0.39, 0.29) is 11.9 Å². The second-order valence-electron chi connectivity index (χ2n) is 5.86. The Hall–Kier alpha value is -1.35. The van der Waals surface area contributed by atoms with Crippen LogP contribution in [0.1, 0.15) is 44.6 Å². The Morgan fingerprint density at radius 2 is 2.05 bits per heavy atom. The summed E-state index contributed by atoms with van der Waals surface area (Å²) in [5.74, 6) is 0.135. The molecule has 2 rings (SSSR count). The molecule has 1 aliphatic heterocycles. The minimum Gasteiger partial charge on any atom is -0.339 e. The molecule has 20 heavy (non-hydrogen) atoms. The Balaban J connectivity index is 1.87. The lowest BCUT2D eigenvalue weighted by molar-refractivity contribution is -0.134. The van der Waals surface area contributed by atoms with Gasteiger partial charge in [-0.2, -0.15) is 0 Å². The smallest absolute Gasteiger partial charge is 0.239 e. The molecule has 1 aromatic rings. The summed E-state index contributed by atoms with van der Waals surface area (Å²) < 4.78 is 0. The van der Waals surface area contributed by atoms with Crippen LogP contribution in [0.4, 0.5) is 0 Å². The maximum absolute atomic E-state index is 12.5. The molecule has 0 spiro atoms. The fraction of sp³-hybridized carbons (Fsp3) is 0.588. The molecule has 1 saturated heterocycles. The van der Waals surface area contributed by atoms with Crippen LogP contribution in [0.5, 0.6) is 0 Å². The molecule has 1 aromatic carbocycles. The number of nitrogens with zero attached hydrogens (tertiary/aromatic N) is 1. The maximum atomic E-state index is 12.5. The van der Waals surface area contributed by atoms with Gasteiger partial charge in [-0.3, -0.25) is 4.79 Å². The van der Waals surface area contributed by atoms with Crippen LogP contribution in [0, 0.1) is 0 Å². The highest BCUT2D eigenvalue weighted by atomic mass is 16.2. The topological polar surface area (TPSA) is 46.3 Å². The lowest BCUT2D eigenvalue weighted by atomic mass is 10.0. The van der Waals surface area contributed by atoms with Crippen molar-refractivity contribution in [1.82, 2.24) is 4.90 Å². The Morgan fingerprint density at radius 3 is 2.80 bits per heavy atom. The molecule has 0 aliphatic carbocycles. The van der Waals surface area contributed by atoms with Gasteiger partial charge in [0.1, 0.15) is 0 Å². The molecule has 2 atom stereocenters. The van der Waals surface area contributed by atoms with Crippen LogP contribution in [0.2, 0.25) is 0 Å². The van der Waals surface area contributed by atoms with Crippen molar-refractivity contribution < 1.29 is 4.79 Å². The molecule has 3 heteroatoms. The summed E-state index contributed by atoms with van der Waals surface area (Å²) in [6.07, 6.45) is 6.28. The lowest BCUT2D eigenvalue weighted by Crippen LogP contribution is -2.47. The molecule has 3 nitrogen and oxygen atoms in total. The quantitative estimate of drug-likeness (QED) is 0.917. The van der Waals surface area contributed by atoms with Crippen molar-refractivity contribution in [2.75, 3.05) is 6.54 Å². The Kier molecular flexibility index (Phi) is 5.60. The number of carbonyl (C=O) groups excluding carboxylic acids is 1. The highest BCUT2D eigenvalue weighted by Gasteiger charge is 2.25. The van der Waals surface area contributed by atoms with Crippen molar-refractivity contribution >= 4 is 5.91 Å². The van der Waals surface area contributed by atoms with Crippen molar-refractivity contribution in [1.29, 1.82) is 0 Å². The lowest BCUT2D eigenvalue weighted by Gasteiger charge is -2.29. The van der Waals surface area contributed by atoms with Gasteiger partial charge < -0.3 is 10.6 Å². The number of hydrogen-bond donors (Lipinski definition) is 1. The molecule has 2 unspecified atom stereocenters. The number of carbonyl (C=O) groups is 1. The minimum atomic E-state index is -0.365. The summed E-state index contributed by atoms with van der Waals surface area (Å²) >= 11 is 0. The number of aryl methyl sites for hydroxylation is 1. The third kappa shape index (κ3) is 4.07. The first kappa shape index (κ1) is 15.0. The summed E-state index contributed by atoms with van der Waals surface area (Å²) in [5.41, 5.74) is 7.37. The number of rotatable bonds is 4. The van der Waals surface area contributed by atoms with E-state index in [4.69, 9.17) is 5.73 Å². The normalized spacial score (nSPS) is 21.3. The third-order valence-corrected chi connectivity index (χ3v) is 4.24. The molecule has 1 fully saturated rings. The van der Waals surface area contributed by atoms with Crippen molar-refractivity contribution in [3.63, 3.8) is 0 Å². The molecule has 0 radical (unpaired) electrons. The van der Waals surface area contributed by atoms with Gasteiger partial charge in [0.2, 0.25) is 5.91 Å². The monoisotopic (exact) mass is 274 g/mol. The highest BCUT2D eigenvalue weighted by Crippen LogP contribution is 2.17. The van der Waals surface area contributed by atoms with Gasteiger partial charge in [-0.05, 0) is 38.2 Å². The SMILES string of the molecule is CC1CCCCCN1C(=O)C(N)CCc1ccccc1. The van der Waals surface area contributed by atoms with Crippen LogP contribution in [0.25, 0.3) is 0 Å². The molecular weight excluding hydrogens is 248 g/mol. The molecule has 2 N–H and O–H groups in total. The molecule has 1 aliphatic rings. The van der Waals surface area contributed by atoms with Crippen molar-refractivity contribution in [3.05, 3.63) is 35.9 Å². The number of amides is 1. The largest absolute Gasteiger partial charge is 0.339 e. The molecule has 110 valence electrons. The zero-order valence-electron chi connectivity index (χ0n) is 12.4. The predicted octanol–water partition coefficient (Wildman–Crippen LogP) is 2.74. The van der Waals surface area contributed by atoms with Crippen LogP contribution in [0.15, 0.2) is 30.3 Å². The number of hydrogen-bond acceptors (Lipinski definition) is 2.